The number of aliphatic hydroxyl groups is 1. The first-order chi connectivity index (χ1) is 9.20. The van der Waals surface area contributed by atoms with E-state index in [4.69, 9.17) is 5.11 Å². The van der Waals surface area contributed by atoms with Crippen molar-refractivity contribution >= 4 is 11.8 Å². The Labute approximate surface area is 111 Å². The van der Waals surface area contributed by atoms with E-state index in [1.165, 1.54) is 4.90 Å². The van der Waals surface area contributed by atoms with Gasteiger partial charge in [0.2, 0.25) is 5.91 Å². The number of carbonyl (C=O) groups excluding carboxylic acids is 2. The van der Waals surface area contributed by atoms with E-state index in [1.807, 2.05) is 0 Å². The summed E-state index contributed by atoms with van der Waals surface area (Å²) in [6.45, 7) is 0.926. The molecule has 1 fully saturated rings. The lowest BCUT2D eigenvalue weighted by molar-refractivity contribution is -0.123. The maximum absolute atomic E-state index is 12.1. The van der Waals surface area contributed by atoms with Gasteiger partial charge >= 0.3 is 0 Å². The minimum atomic E-state index is -0.191. The van der Waals surface area contributed by atoms with E-state index >= 15 is 0 Å². The molecule has 1 aliphatic rings. The summed E-state index contributed by atoms with van der Waals surface area (Å²) in [5, 5.41) is 11.3. The molecule has 0 aliphatic carbocycles. The van der Waals surface area contributed by atoms with Crippen LogP contribution in [0.25, 0.3) is 0 Å². The Morgan fingerprint density at radius 3 is 2.74 bits per heavy atom. The van der Waals surface area contributed by atoms with Gasteiger partial charge in [-0.05, 0) is 24.3 Å². The average molecular weight is 258 g/mol. The lowest BCUT2D eigenvalue weighted by Crippen LogP contribution is -2.49. The molecule has 1 heterocycles. The molecule has 1 aromatic rings. The van der Waals surface area contributed by atoms with Gasteiger partial charge in [-0.25, -0.2) is 0 Å². The van der Waals surface area contributed by atoms with Crippen molar-refractivity contribution in [2.75, 3.05) is 26.2 Å². The molecule has 0 bridgehead atoms. The average Bonchev–Trinajstić information content (AvgIpc) is 2.45. The number of carbonyl (C=O) groups is 2. The first-order valence-corrected chi connectivity index (χ1v) is 5.96. The monoisotopic (exact) mass is 258 g/mol. The largest absolute Gasteiger partial charge is 0.384 e. The second kappa shape index (κ2) is 6.03. The molecule has 1 aliphatic heterocycles. The minimum Gasteiger partial charge on any atom is -0.384 e. The number of hydrogen-bond acceptors (Lipinski definition) is 3. The molecule has 19 heavy (non-hydrogen) atoms. The molecule has 0 saturated carbocycles. The van der Waals surface area contributed by atoms with Crippen molar-refractivity contribution in [1.82, 2.24) is 10.2 Å². The van der Waals surface area contributed by atoms with Crippen LogP contribution in [0.2, 0.25) is 0 Å². The quantitative estimate of drug-likeness (QED) is 0.674. The van der Waals surface area contributed by atoms with Crippen molar-refractivity contribution in [3.8, 4) is 11.8 Å². The maximum Gasteiger partial charge on any atom is 0.254 e. The van der Waals surface area contributed by atoms with E-state index in [0.717, 1.165) is 5.56 Å². The van der Waals surface area contributed by atoms with Crippen molar-refractivity contribution in [2.24, 2.45) is 0 Å². The lowest BCUT2D eigenvalue weighted by atomic mass is 10.1. The summed E-state index contributed by atoms with van der Waals surface area (Å²) in [7, 11) is 0. The van der Waals surface area contributed by atoms with Crippen molar-refractivity contribution in [1.29, 1.82) is 0 Å². The van der Waals surface area contributed by atoms with Crippen LogP contribution in [0.4, 0.5) is 0 Å². The van der Waals surface area contributed by atoms with Gasteiger partial charge in [0.1, 0.15) is 6.61 Å². The van der Waals surface area contributed by atoms with Crippen LogP contribution >= 0.6 is 0 Å². The summed E-state index contributed by atoms with van der Waals surface area (Å²) in [5.74, 6) is 5.01. The van der Waals surface area contributed by atoms with Crippen LogP contribution in [-0.4, -0.2) is 48.1 Å². The van der Waals surface area contributed by atoms with E-state index in [1.54, 1.807) is 24.3 Å². The van der Waals surface area contributed by atoms with Crippen LogP contribution in [0.15, 0.2) is 24.3 Å². The number of benzene rings is 1. The van der Waals surface area contributed by atoms with Gasteiger partial charge in [-0.3, -0.25) is 9.59 Å². The molecule has 0 aromatic heterocycles. The summed E-state index contributed by atoms with van der Waals surface area (Å²) < 4.78 is 0. The van der Waals surface area contributed by atoms with Crippen LogP contribution in [0.5, 0.6) is 0 Å². The summed E-state index contributed by atoms with van der Waals surface area (Å²) >= 11 is 0. The first-order valence-electron chi connectivity index (χ1n) is 5.96. The van der Waals surface area contributed by atoms with Gasteiger partial charge in [-0.1, -0.05) is 11.8 Å². The Kier molecular flexibility index (Phi) is 4.16. The second-order valence-electron chi connectivity index (χ2n) is 4.11. The van der Waals surface area contributed by atoms with Crippen LogP contribution in [-0.2, 0) is 4.79 Å². The molecule has 5 nitrogen and oxygen atoms in total. The third-order valence-corrected chi connectivity index (χ3v) is 2.77. The van der Waals surface area contributed by atoms with E-state index in [0.29, 0.717) is 18.7 Å². The Bertz CT molecular complexity index is 540. The van der Waals surface area contributed by atoms with Crippen LogP contribution in [0.3, 0.4) is 0 Å². The Hall–Kier alpha value is -2.32. The molecule has 2 rings (SSSR count). The fraction of sp³-hybridized carbons (Fsp3) is 0.286. The smallest absolute Gasteiger partial charge is 0.254 e. The number of piperazine rings is 1. The number of nitrogens with one attached hydrogen (secondary N) is 1. The van der Waals surface area contributed by atoms with Crippen LogP contribution in [0.1, 0.15) is 15.9 Å². The van der Waals surface area contributed by atoms with Gasteiger partial charge in [0.25, 0.3) is 5.91 Å². The van der Waals surface area contributed by atoms with Crippen LogP contribution in [0, 0.1) is 11.8 Å². The third-order valence-electron chi connectivity index (χ3n) is 2.77. The van der Waals surface area contributed by atoms with Crippen LogP contribution < -0.4 is 5.32 Å². The zero-order chi connectivity index (χ0) is 13.7. The molecular weight excluding hydrogens is 244 g/mol. The molecule has 2 amide bonds. The molecule has 1 saturated heterocycles. The van der Waals surface area contributed by atoms with Crippen molar-refractivity contribution in [3.63, 3.8) is 0 Å². The number of rotatable bonds is 1. The molecule has 1 aromatic carbocycles. The van der Waals surface area contributed by atoms with E-state index in [2.05, 4.69) is 17.2 Å². The second-order valence-corrected chi connectivity index (χ2v) is 4.11. The predicted octanol–water partition coefficient (Wildman–Crippen LogP) is -0.398. The zero-order valence-electron chi connectivity index (χ0n) is 10.3. The highest BCUT2D eigenvalue weighted by Crippen LogP contribution is 2.08. The molecule has 0 atom stereocenters. The van der Waals surface area contributed by atoms with Crippen molar-refractivity contribution in [2.45, 2.75) is 0 Å². The summed E-state index contributed by atoms with van der Waals surface area (Å²) in [6, 6.07) is 6.80. The fourth-order valence-electron chi connectivity index (χ4n) is 1.83. The van der Waals surface area contributed by atoms with Crippen molar-refractivity contribution in [3.05, 3.63) is 35.4 Å². The van der Waals surface area contributed by atoms with E-state index in [-0.39, 0.29) is 25.0 Å². The van der Waals surface area contributed by atoms with E-state index < -0.39 is 0 Å². The maximum atomic E-state index is 12.1. The topological polar surface area (TPSA) is 69.6 Å². The molecule has 2 N–H and O–H groups in total. The fourth-order valence-corrected chi connectivity index (χ4v) is 1.83. The highest BCUT2D eigenvalue weighted by Gasteiger charge is 2.21. The van der Waals surface area contributed by atoms with E-state index in [9.17, 15) is 9.59 Å². The highest BCUT2D eigenvalue weighted by atomic mass is 16.2. The molecule has 5 heteroatoms. The lowest BCUT2D eigenvalue weighted by Gasteiger charge is -2.26. The molecule has 0 unspecified atom stereocenters. The van der Waals surface area contributed by atoms with Gasteiger partial charge < -0.3 is 15.3 Å². The Morgan fingerprint density at radius 2 is 2.11 bits per heavy atom. The van der Waals surface area contributed by atoms with Gasteiger partial charge in [-0.2, -0.15) is 0 Å². The van der Waals surface area contributed by atoms with Crippen molar-refractivity contribution < 1.29 is 14.7 Å². The molecule has 98 valence electrons. The summed E-state index contributed by atoms with van der Waals surface area (Å²) in [6.07, 6.45) is 0. The number of hydrogen-bond donors (Lipinski definition) is 2. The third kappa shape index (κ3) is 3.33. The highest BCUT2D eigenvalue weighted by molar-refractivity contribution is 5.97. The first kappa shape index (κ1) is 13.1. The number of amides is 2. The molecule has 0 radical (unpaired) electrons. The number of nitrogens with zero attached hydrogens (tertiary/aromatic N) is 1. The Morgan fingerprint density at radius 1 is 1.37 bits per heavy atom. The zero-order valence-corrected chi connectivity index (χ0v) is 10.3. The summed E-state index contributed by atoms with van der Waals surface area (Å²) in [5.41, 5.74) is 1.27. The van der Waals surface area contributed by atoms with Gasteiger partial charge in [-0.15, -0.1) is 0 Å². The van der Waals surface area contributed by atoms with Gasteiger partial charge in [0, 0.05) is 24.2 Å². The van der Waals surface area contributed by atoms with Gasteiger partial charge in [0.05, 0.1) is 6.54 Å². The number of aliphatic hydroxyl groups excluding tert-OH is 1. The summed E-state index contributed by atoms with van der Waals surface area (Å²) in [4.78, 5) is 24.9. The standard InChI is InChI=1S/C14H14N2O3/c17-9-1-2-11-3-5-12(6-4-11)14(19)16-8-7-15-13(18)10-16/h3-6,17H,7-10H2,(H,15,18). The van der Waals surface area contributed by atoms with Gasteiger partial charge in [0.15, 0.2) is 0 Å². The Balaban J connectivity index is 2.09. The molecular formula is C14H14N2O3. The SMILES string of the molecule is O=C1CN(C(=O)c2ccc(C#CCO)cc2)CCN1. The minimum absolute atomic E-state index is 0.102. The predicted molar refractivity (Wildman–Crippen MR) is 69.3 cm³/mol. The molecule has 0 spiro atoms. The normalized spacial score (nSPS) is 14.4.